The van der Waals surface area contributed by atoms with E-state index in [9.17, 15) is 24.3 Å². The van der Waals surface area contributed by atoms with Crippen molar-refractivity contribution in [2.75, 3.05) is 0 Å². The van der Waals surface area contributed by atoms with Crippen LogP contribution < -0.4 is 16.4 Å². The lowest BCUT2D eigenvalue weighted by molar-refractivity contribution is -0.143. The molecule has 3 unspecified atom stereocenters. The zero-order valence-corrected chi connectivity index (χ0v) is 16.6. The van der Waals surface area contributed by atoms with Crippen LogP contribution in [-0.2, 0) is 25.6 Å². The molecular formula is C20H29N3O6. The van der Waals surface area contributed by atoms with E-state index in [0.717, 1.165) is 5.56 Å². The highest BCUT2D eigenvalue weighted by Crippen LogP contribution is 2.08. The van der Waals surface area contributed by atoms with Crippen LogP contribution in [0.15, 0.2) is 30.3 Å². The number of carbonyl (C=O) groups is 4. The standard InChI is InChI=1S/C20H29N3O6/c1-12(2)10-16(20(28)29)23-19(27)15(8-9-17(24)25)22-18(26)14(21)11-13-6-4-3-5-7-13/h3-7,12,14-16H,8-11,21H2,1-2H3,(H,22,26)(H,23,27)(H,24,25)(H,28,29). The summed E-state index contributed by atoms with van der Waals surface area (Å²) in [5.74, 6) is -3.68. The Bertz CT molecular complexity index is 707. The van der Waals surface area contributed by atoms with Gasteiger partial charge in [0.15, 0.2) is 0 Å². The van der Waals surface area contributed by atoms with Gasteiger partial charge in [-0.05, 0) is 30.7 Å². The van der Waals surface area contributed by atoms with Crippen LogP contribution in [0.1, 0.15) is 38.7 Å². The fourth-order valence-corrected chi connectivity index (χ4v) is 2.74. The molecule has 2 amide bonds. The van der Waals surface area contributed by atoms with Crippen LogP contribution >= 0.6 is 0 Å². The number of benzene rings is 1. The van der Waals surface area contributed by atoms with Gasteiger partial charge in [-0.25, -0.2) is 4.79 Å². The first-order valence-electron chi connectivity index (χ1n) is 9.45. The van der Waals surface area contributed by atoms with Crippen LogP contribution in [0.25, 0.3) is 0 Å². The minimum atomic E-state index is -1.20. The molecule has 1 aromatic carbocycles. The Morgan fingerprint density at radius 1 is 0.966 bits per heavy atom. The second-order valence-corrected chi connectivity index (χ2v) is 7.32. The average Bonchev–Trinajstić information content (AvgIpc) is 2.64. The van der Waals surface area contributed by atoms with Crippen molar-refractivity contribution in [3.63, 3.8) is 0 Å². The van der Waals surface area contributed by atoms with Crippen molar-refractivity contribution in [3.05, 3.63) is 35.9 Å². The van der Waals surface area contributed by atoms with Crippen molar-refractivity contribution in [1.29, 1.82) is 0 Å². The quantitative estimate of drug-likeness (QED) is 0.338. The molecule has 160 valence electrons. The second kappa shape index (κ2) is 11.8. The highest BCUT2D eigenvalue weighted by Gasteiger charge is 2.28. The van der Waals surface area contributed by atoms with E-state index < -0.39 is 41.9 Å². The second-order valence-electron chi connectivity index (χ2n) is 7.32. The van der Waals surface area contributed by atoms with Crippen molar-refractivity contribution in [2.24, 2.45) is 11.7 Å². The molecule has 9 heteroatoms. The van der Waals surface area contributed by atoms with Crippen molar-refractivity contribution < 1.29 is 29.4 Å². The van der Waals surface area contributed by atoms with E-state index in [-0.39, 0.29) is 31.6 Å². The summed E-state index contributed by atoms with van der Waals surface area (Å²) in [4.78, 5) is 47.2. The number of rotatable bonds is 12. The molecule has 1 aromatic rings. The zero-order chi connectivity index (χ0) is 22.0. The Morgan fingerprint density at radius 2 is 1.55 bits per heavy atom. The van der Waals surface area contributed by atoms with Crippen molar-refractivity contribution in [1.82, 2.24) is 10.6 Å². The fraction of sp³-hybridized carbons (Fsp3) is 0.500. The van der Waals surface area contributed by atoms with E-state index in [4.69, 9.17) is 10.8 Å². The highest BCUT2D eigenvalue weighted by atomic mass is 16.4. The molecule has 0 bridgehead atoms. The molecule has 1 rings (SSSR count). The molecule has 0 aliphatic heterocycles. The summed E-state index contributed by atoms with van der Waals surface area (Å²) < 4.78 is 0. The Morgan fingerprint density at radius 3 is 2.07 bits per heavy atom. The van der Waals surface area contributed by atoms with Gasteiger partial charge in [-0.1, -0.05) is 44.2 Å². The van der Waals surface area contributed by atoms with Crippen LogP contribution in [0.2, 0.25) is 0 Å². The van der Waals surface area contributed by atoms with Gasteiger partial charge in [0.1, 0.15) is 12.1 Å². The van der Waals surface area contributed by atoms with Crippen molar-refractivity contribution >= 4 is 23.8 Å². The maximum atomic E-state index is 12.5. The summed E-state index contributed by atoms with van der Waals surface area (Å²) in [7, 11) is 0. The van der Waals surface area contributed by atoms with E-state index in [1.807, 2.05) is 44.2 Å². The Balaban J connectivity index is 2.81. The number of carboxylic acid groups (broad SMARTS) is 2. The van der Waals surface area contributed by atoms with Gasteiger partial charge in [-0.3, -0.25) is 14.4 Å². The normalized spacial score (nSPS) is 13.9. The number of carboxylic acids is 2. The minimum Gasteiger partial charge on any atom is -0.481 e. The number of hydrogen-bond donors (Lipinski definition) is 5. The lowest BCUT2D eigenvalue weighted by Gasteiger charge is -2.23. The maximum Gasteiger partial charge on any atom is 0.326 e. The number of aliphatic carboxylic acids is 2. The molecule has 0 radical (unpaired) electrons. The Labute approximate surface area is 169 Å². The first kappa shape index (κ1) is 24.1. The van der Waals surface area contributed by atoms with Gasteiger partial charge in [-0.2, -0.15) is 0 Å². The van der Waals surface area contributed by atoms with E-state index in [1.54, 1.807) is 0 Å². The summed E-state index contributed by atoms with van der Waals surface area (Å²) >= 11 is 0. The molecule has 3 atom stereocenters. The number of nitrogens with two attached hydrogens (primary N) is 1. The van der Waals surface area contributed by atoms with Crippen molar-refractivity contribution in [2.45, 2.75) is 57.7 Å². The lowest BCUT2D eigenvalue weighted by atomic mass is 10.0. The van der Waals surface area contributed by atoms with Gasteiger partial charge >= 0.3 is 11.9 Å². The molecule has 0 spiro atoms. The molecule has 0 saturated carbocycles. The number of carbonyl (C=O) groups excluding carboxylic acids is 2. The third-order valence-electron chi connectivity index (χ3n) is 4.24. The number of amides is 2. The minimum absolute atomic E-state index is 0.0164. The van der Waals surface area contributed by atoms with Gasteiger partial charge in [0, 0.05) is 6.42 Å². The van der Waals surface area contributed by atoms with Crippen LogP contribution in [0.5, 0.6) is 0 Å². The third-order valence-corrected chi connectivity index (χ3v) is 4.24. The zero-order valence-electron chi connectivity index (χ0n) is 16.6. The van der Waals surface area contributed by atoms with E-state index >= 15 is 0 Å². The molecule has 0 aliphatic carbocycles. The van der Waals surface area contributed by atoms with Crippen LogP contribution in [-0.4, -0.2) is 52.1 Å². The summed E-state index contributed by atoms with van der Waals surface area (Å²) in [6, 6.07) is 5.80. The SMILES string of the molecule is CC(C)CC(NC(=O)C(CCC(=O)O)NC(=O)C(N)Cc1ccccc1)C(=O)O. The largest absolute Gasteiger partial charge is 0.481 e. The molecule has 0 saturated heterocycles. The smallest absolute Gasteiger partial charge is 0.326 e. The molecule has 0 aliphatic rings. The maximum absolute atomic E-state index is 12.5. The predicted molar refractivity (Wildman–Crippen MR) is 106 cm³/mol. The van der Waals surface area contributed by atoms with E-state index in [1.165, 1.54) is 0 Å². The van der Waals surface area contributed by atoms with Gasteiger partial charge in [0.25, 0.3) is 0 Å². The topological polar surface area (TPSA) is 159 Å². The summed E-state index contributed by atoms with van der Waals surface area (Å²) in [6.07, 6.45) is -0.105. The molecule has 0 fully saturated rings. The molecule has 0 heterocycles. The van der Waals surface area contributed by atoms with Crippen LogP contribution in [0.4, 0.5) is 0 Å². The van der Waals surface area contributed by atoms with Gasteiger partial charge < -0.3 is 26.6 Å². The summed E-state index contributed by atoms with van der Waals surface area (Å²) in [6.45, 7) is 3.63. The summed E-state index contributed by atoms with van der Waals surface area (Å²) in [5, 5.41) is 23.0. The predicted octanol–water partition coefficient (Wildman–Crippen LogP) is 0.522. The van der Waals surface area contributed by atoms with Gasteiger partial charge in [0.05, 0.1) is 6.04 Å². The molecule has 9 nitrogen and oxygen atoms in total. The lowest BCUT2D eigenvalue weighted by Crippen LogP contribution is -2.55. The number of hydrogen-bond acceptors (Lipinski definition) is 5. The first-order valence-corrected chi connectivity index (χ1v) is 9.45. The first-order chi connectivity index (χ1) is 13.6. The van der Waals surface area contributed by atoms with Gasteiger partial charge in [0.2, 0.25) is 11.8 Å². The van der Waals surface area contributed by atoms with Gasteiger partial charge in [-0.15, -0.1) is 0 Å². The molecular weight excluding hydrogens is 378 g/mol. The Kier molecular flexibility index (Phi) is 9.81. The monoisotopic (exact) mass is 407 g/mol. The Hall–Kier alpha value is -2.94. The van der Waals surface area contributed by atoms with Crippen LogP contribution in [0.3, 0.4) is 0 Å². The van der Waals surface area contributed by atoms with Crippen molar-refractivity contribution in [3.8, 4) is 0 Å². The van der Waals surface area contributed by atoms with E-state index in [0.29, 0.717) is 0 Å². The molecule has 6 N–H and O–H groups in total. The van der Waals surface area contributed by atoms with Crippen LogP contribution in [0, 0.1) is 5.92 Å². The third kappa shape index (κ3) is 9.20. The molecule has 0 aromatic heterocycles. The van der Waals surface area contributed by atoms with E-state index in [2.05, 4.69) is 10.6 Å². The average molecular weight is 407 g/mol. The highest BCUT2D eigenvalue weighted by molar-refractivity contribution is 5.92. The summed E-state index contributed by atoms with van der Waals surface area (Å²) in [5.41, 5.74) is 6.75. The number of nitrogens with one attached hydrogen (secondary N) is 2. The fourth-order valence-electron chi connectivity index (χ4n) is 2.74. The molecule has 29 heavy (non-hydrogen) atoms.